The summed E-state index contributed by atoms with van der Waals surface area (Å²) >= 11 is 0. The van der Waals surface area contributed by atoms with Gasteiger partial charge in [-0.1, -0.05) is 0 Å². The number of aromatic nitrogens is 4. The molecular formula is C11H13N5O. The van der Waals surface area contributed by atoms with Crippen LogP contribution in [0.3, 0.4) is 0 Å². The number of nitrogens with two attached hydrogens (primary N) is 1. The van der Waals surface area contributed by atoms with E-state index in [1.165, 1.54) is 6.33 Å². The van der Waals surface area contributed by atoms with E-state index in [0.29, 0.717) is 23.9 Å². The van der Waals surface area contributed by atoms with Crippen molar-refractivity contribution in [1.82, 2.24) is 19.9 Å². The van der Waals surface area contributed by atoms with Crippen molar-refractivity contribution in [3.8, 4) is 17.4 Å². The quantitative estimate of drug-likeness (QED) is 0.821. The van der Waals surface area contributed by atoms with Crippen LogP contribution in [0.2, 0.25) is 0 Å². The molecule has 0 aromatic carbocycles. The normalized spacial score (nSPS) is 10.2. The smallest absolute Gasteiger partial charge is 0.216 e. The van der Waals surface area contributed by atoms with Gasteiger partial charge >= 0.3 is 0 Å². The summed E-state index contributed by atoms with van der Waals surface area (Å²) in [6, 6.07) is 3.54. The lowest BCUT2D eigenvalue weighted by atomic mass is 10.3. The molecule has 2 aromatic heterocycles. The van der Waals surface area contributed by atoms with E-state index in [9.17, 15) is 0 Å². The summed E-state index contributed by atoms with van der Waals surface area (Å²) in [6.07, 6.45) is 3.84. The van der Waals surface area contributed by atoms with Gasteiger partial charge in [0, 0.05) is 24.4 Å². The third-order valence-electron chi connectivity index (χ3n) is 2.19. The fourth-order valence-electron chi connectivity index (χ4n) is 1.38. The highest BCUT2D eigenvalue weighted by molar-refractivity contribution is 5.49. The molecule has 0 unspecified atom stereocenters. The molecule has 0 bridgehead atoms. The average molecular weight is 231 g/mol. The maximum Gasteiger partial charge on any atom is 0.216 e. The molecule has 0 aliphatic heterocycles. The number of rotatable bonds is 4. The van der Waals surface area contributed by atoms with Crippen molar-refractivity contribution >= 4 is 0 Å². The molecule has 88 valence electrons. The van der Waals surface area contributed by atoms with Crippen LogP contribution >= 0.6 is 0 Å². The Balaban J connectivity index is 2.34. The maximum absolute atomic E-state index is 5.49. The zero-order valence-electron chi connectivity index (χ0n) is 9.50. The Labute approximate surface area is 98.9 Å². The maximum atomic E-state index is 5.49. The van der Waals surface area contributed by atoms with Gasteiger partial charge < -0.3 is 10.5 Å². The number of ether oxygens (including phenoxy) is 1. The lowest BCUT2D eigenvalue weighted by Crippen LogP contribution is -2.05. The lowest BCUT2D eigenvalue weighted by molar-refractivity contribution is 0.397. The van der Waals surface area contributed by atoms with Gasteiger partial charge in [-0.25, -0.2) is 19.9 Å². The molecular weight excluding hydrogens is 218 g/mol. The van der Waals surface area contributed by atoms with E-state index in [2.05, 4.69) is 19.9 Å². The molecule has 2 heterocycles. The summed E-state index contributed by atoms with van der Waals surface area (Å²) in [5.74, 6) is 1.04. The Morgan fingerprint density at radius 3 is 2.94 bits per heavy atom. The van der Waals surface area contributed by atoms with Gasteiger partial charge in [-0.15, -0.1) is 0 Å². The molecule has 0 saturated carbocycles. The van der Waals surface area contributed by atoms with Crippen molar-refractivity contribution in [3.05, 3.63) is 30.4 Å². The molecule has 0 fully saturated rings. The van der Waals surface area contributed by atoms with Crippen LogP contribution in [0.4, 0.5) is 0 Å². The molecule has 0 radical (unpaired) electrons. The molecule has 2 N–H and O–H groups in total. The summed E-state index contributed by atoms with van der Waals surface area (Å²) in [7, 11) is 1.55. The number of hydrogen-bond donors (Lipinski definition) is 1. The topological polar surface area (TPSA) is 86.8 Å². The number of hydrogen-bond acceptors (Lipinski definition) is 6. The van der Waals surface area contributed by atoms with E-state index >= 15 is 0 Å². The van der Waals surface area contributed by atoms with Crippen LogP contribution < -0.4 is 10.5 Å². The second-order valence-corrected chi connectivity index (χ2v) is 3.36. The SMILES string of the molecule is COc1cc(-c2nccc(CCN)n2)ncn1. The predicted octanol–water partition coefficient (Wildman–Crippen LogP) is 0.443. The van der Waals surface area contributed by atoms with Gasteiger partial charge in [-0.2, -0.15) is 0 Å². The first-order chi connectivity index (χ1) is 8.33. The number of nitrogens with zero attached hydrogens (tertiary/aromatic N) is 4. The first-order valence-corrected chi connectivity index (χ1v) is 5.22. The monoisotopic (exact) mass is 231 g/mol. The molecule has 0 spiro atoms. The van der Waals surface area contributed by atoms with E-state index in [1.54, 1.807) is 19.4 Å². The third kappa shape index (κ3) is 2.73. The molecule has 6 heteroatoms. The number of methoxy groups -OCH3 is 1. The third-order valence-corrected chi connectivity index (χ3v) is 2.19. The predicted molar refractivity (Wildman–Crippen MR) is 62.4 cm³/mol. The van der Waals surface area contributed by atoms with Crippen molar-refractivity contribution in [2.45, 2.75) is 6.42 Å². The zero-order chi connectivity index (χ0) is 12.1. The van der Waals surface area contributed by atoms with E-state index in [4.69, 9.17) is 10.5 Å². The van der Waals surface area contributed by atoms with Gasteiger partial charge in [0.1, 0.15) is 12.0 Å². The fourth-order valence-corrected chi connectivity index (χ4v) is 1.38. The summed E-state index contributed by atoms with van der Waals surface area (Å²) in [4.78, 5) is 16.6. The lowest BCUT2D eigenvalue weighted by Gasteiger charge is -2.03. The average Bonchev–Trinajstić information content (AvgIpc) is 2.40. The van der Waals surface area contributed by atoms with Crippen LogP contribution in [0, 0.1) is 0 Å². The minimum absolute atomic E-state index is 0.489. The molecule has 0 aliphatic carbocycles. The van der Waals surface area contributed by atoms with Gasteiger partial charge in [0.25, 0.3) is 0 Å². The molecule has 6 nitrogen and oxygen atoms in total. The summed E-state index contributed by atoms with van der Waals surface area (Å²) in [5, 5.41) is 0. The highest BCUT2D eigenvalue weighted by Gasteiger charge is 2.05. The van der Waals surface area contributed by atoms with E-state index in [-0.39, 0.29) is 0 Å². The Bertz CT molecular complexity index is 503. The van der Waals surface area contributed by atoms with Crippen molar-refractivity contribution in [2.24, 2.45) is 5.73 Å². The van der Waals surface area contributed by atoms with Gasteiger partial charge in [0.2, 0.25) is 5.88 Å². The van der Waals surface area contributed by atoms with Gasteiger partial charge in [-0.3, -0.25) is 0 Å². The van der Waals surface area contributed by atoms with Crippen LogP contribution in [-0.2, 0) is 6.42 Å². The minimum atomic E-state index is 0.489. The summed E-state index contributed by atoms with van der Waals surface area (Å²) in [6.45, 7) is 0.559. The summed E-state index contributed by atoms with van der Waals surface area (Å²) in [5.41, 5.74) is 7.02. The Kier molecular flexibility index (Phi) is 3.56. The molecule has 0 saturated heterocycles. The van der Waals surface area contributed by atoms with E-state index in [1.807, 2.05) is 6.07 Å². The molecule has 2 rings (SSSR count). The van der Waals surface area contributed by atoms with Crippen molar-refractivity contribution in [3.63, 3.8) is 0 Å². The second kappa shape index (κ2) is 5.31. The Morgan fingerprint density at radius 2 is 2.18 bits per heavy atom. The van der Waals surface area contributed by atoms with Gasteiger partial charge in [0.15, 0.2) is 5.82 Å². The van der Waals surface area contributed by atoms with Crippen LogP contribution in [0.15, 0.2) is 24.7 Å². The highest BCUT2D eigenvalue weighted by atomic mass is 16.5. The molecule has 17 heavy (non-hydrogen) atoms. The standard InChI is InChI=1S/C11H13N5O/c1-17-10-6-9(14-7-15-10)11-13-5-3-8(16-11)2-4-12/h3,5-7H,2,4,12H2,1H3. The van der Waals surface area contributed by atoms with Gasteiger partial charge in [-0.05, 0) is 12.6 Å². The van der Waals surface area contributed by atoms with E-state index in [0.717, 1.165) is 12.1 Å². The van der Waals surface area contributed by atoms with Crippen molar-refractivity contribution < 1.29 is 4.74 Å². The zero-order valence-corrected chi connectivity index (χ0v) is 9.50. The highest BCUT2D eigenvalue weighted by Crippen LogP contribution is 2.15. The van der Waals surface area contributed by atoms with Crippen molar-refractivity contribution in [1.29, 1.82) is 0 Å². The molecule has 0 aliphatic rings. The van der Waals surface area contributed by atoms with Gasteiger partial charge in [0.05, 0.1) is 7.11 Å². The largest absolute Gasteiger partial charge is 0.481 e. The first kappa shape index (κ1) is 11.4. The van der Waals surface area contributed by atoms with Crippen LogP contribution in [0.25, 0.3) is 11.5 Å². The molecule has 0 amide bonds. The van der Waals surface area contributed by atoms with Crippen LogP contribution in [0.1, 0.15) is 5.69 Å². The van der Waals surface area contributed by atoms with Crippen LogP contribution in [0.5, 0.6) is 5.88 Å². The Morgan fingerprint density at radius 1 is 1.29 bits per heavy atom. The molecule has 0 atom stereocenters. The first-order valence-electron chi connectivity index (χ1n) is 5.22. The van der Waals surface area contributed by atoms with Crippen LogP contribution in [-0.4, -0.2) is 33.6 Å². The van der Waals surface area contributed by atoms with E-state index < -0.39 is 0 Å². The minimum Gasteiger partial charge on any atom is -0.481 e. The fraction of sp³-hybridized carbons (Fsp3) is 0.273. The molecule has 2 aromatic rings. The summed E-state index contributed by atoms with van der Waals surface area (Å²) < 4.78 is 5.03. The Hall–Kier alpha value is -2.08. The second-order valence-electron chi connectivity index (χ2n) is 3.36. The van der Waals surface area contributed by atoms with Crippen molar-refractivity contribution in [2.75, 3.05) is 13.7 Å².